The second kappa shape index (κ2) is 5.06. The topological polar surface area (TPSA) is 108 Å². The Labute approximate surface area is 86.8 Å². The Hall–Kier alpha value is -1.95. The van der Waals surface area contributed by atoms with E-state index in [2.05, 4.69) is 4.98 Å². The van der Waals surface area contributed by atoms with Crippen molar-refractivity contribution in [3.05, 3.63) is 34.0 Å². The molecule has 1 aromatic rings. The predicted octanol–water partition coefficient (Wildman–Crippen LogP) is 0.934. The summed E-state index contributed by atoms with van der Waals surface area (Å²) in [6.45, 7) is 0.543. The summed E-state index contributed by atoms with van der Waals surface area (Å²) >= 11 is 0. The molecule has 0 aliphatic heterocycles. The molecule has 1 rings (SSSR count). The van der Waals surface area contributed by atoms with Crippen LogP contribution in [0.1, 0.15) is 12.0 Å². The summed E-state index contributed by atoms with van der Waals surface area (Å²) in [5.74, 6) is -0.0732. The lowest BCUT2D eigenvalue weighted by atomic mass is 10.2. The summed E-state index contributed by atoms with van der Waals surface area (Å²) in [7, 11) is 0. The third-order valence-corrected chi connectivity index (χ3v) is 1.76. The maximum Gasteiger partial charge on any atom is 0.311 e. The van der Waals surface area contributed by atoms with Crippen LogP contribution in [-0.2, 0) is 0 Å². The van der Waals surface area contributed by atoms with Crippen LogP contribution in [0.15, 0.2) is 18.3 Å². The van der Waals surface area contributed by atoms with Crippen LogP contribution in [0.4, 0.5) is 11.5 Å². The number of nitrogens with two attached hydrogens (primary N) is 2. The Balaban J connectivity index is 2.92. The molecule has 0 aliphatic rings. The van der Waals surface area contributed by atoms with E-state index < -0.39 is 4.92 Å². The molecule has 15 heavy (non-hydrogen) atoms. The molecule has 0 saturated heterocycles. The first-order valence-electron chi connectivity index (χ1n) is 4.41. The Bertz CT molecular complexity index is 390. The Kier molecular flexibility index (Phi) is 3.75. The molecule has 0 amide bonds. The second-order valence-electron chi connectivity index (χ2n) is 2.91. The Morgan fingerprint density at radius 3 is 2.93 bits per heavy atom. The van der Waals surface area contributed by atoms with Crippen LogP contribution < -0.4 is 11.5 Å². The van der Waals surface area contributed by atoms with Crippen LogP contribution in [0.3, 0.4) is 0 Å². The quantitative estimate of drug-likeness (QED) is 0.565. The van der Waals surface area contributed by atoms with E-state index >= 15 is 0 Å². The molecule has 0 bridgehead atoms. The SMILES string of the molecule is NCCC=Cc1cnc(N)c([N+](=O)[O-])c1. The molecule has 1 heterocycles. The van der Waals surface area contributed by atoms with Gasteiger partial charge in [0.1, 0.15) is 0 Å². The van der Waals surface area contributed by atoms with Gasteiger partial charge in [-0.3, -0.25) is 10.1 Å². The number of pyridine rings is 1. The van der Waals surface area contributed by atoms with Crippen LogP contribution in [0.5, 0.6) is 0 Å². The third-order valence-electron chi connectivity index (χ3n) is 1.76. The van der Waals surface area contributed by atoms with Crippen molar-refractivity contribution in [2.75, 3.05) is 12.3 Å². The van der Waals surface area contributed by atoms with Crippen molar-refractivity contribution >= 4 is 17.6 Å². The van der Waals surface area contributed by atoms with E-state index in [4.69, 9.17) is 11.5 Å². The highest BCUT2D eigenvalue weighted by atomic mass is 16.6. The zero-order valence-corrected chi connectivity index (χ0v) is 8.09. The number of anilines is 1. The van der Waals surface area contributed by atoms with Gasteiger partial charge in [-0.2, -0.15) is 0 Å². The van der Waals surface area contributed by atoms with Crippen LogP contribution in [0, 0.1) is 10.1 Å². The number of nitrogens with zero attached hydrogens (tertiary/aromatic N) is 2. The zero-order chi connectivity index (χ0) is 11.3. The van der Waals surface area contributed by atoms with E-state index in [9.17, 15) is 10.1 Å². The molecule has 1 aromatic heterocycles. The fourth-order valence-electron chi connectivity index (χ4n) is 1.03. The number of hydrogen-bond acceptors (Lipinski definition) is 5. The monoisotopic (exact) mass is 208 g/mol. The fourth-order valence-corrected chi connectivity index (χ4v) is 1.03. The highest BCUT2D eigenvalue weighted by Crippen LogP contribution is 2.20. The van der Waals surface area contributed by atoms with Crippen molar-refractivity contribution in [3.8, 4) is 0 Å². The number of rotatable bonds is 4. The molecule has 0 aliphatic carbocycles. The summed E-state index contributed by atoms with van der Waals surface area (Å²) in [5.41, 5.74) is 11.1. The third kappa shape index (κ3) is 3.03. The second-order valence-corrected chi connectivity index (χ2v) is 2.91. The normalized spacial score (nSPS) is 10.7. The van der Waals surface area contributed by atoms with Gasteiger partial charge in [0, 0.05) is 12.3 Å². The predicted molar refractivity (Wildman–Crippen MR) is 58.0 cm³/mol. The van der Waals surface area contributed by atoms with Gasteiger partial charge in [-0.05, 0) is 18.5 Å². The van der Waals surface area contributed by atoms with E-state index in [1.54, 1.807) is 6.08 Å². The largest absolute Gasteiger partial charge is 0.378 e. The Morgan fingerprint density at radius 1 is 1.60 bits per heavy atom. The van der Waals surface area contributed by atoms with Crippen LogP contribution >= 0.6 is 0 Å². The lowest BCUT2D eigenvalue weighted by Gasteiger charge is -1.97. The molecule has 0 saturated carbocycles. The van der Waals surface area contributed by atoms with E-state index in [1.165, 1.54) is 12.3 Å². The molecule has 0 fully saturated rings. The minimum atomic E-state index is -0.553. The summed E-state index contributed by atoms with van der Waals surface area (Å²) in [6, 6.07) is 1.38. The molecule has 80 valence electrons. The molecular formula is C9H12N4O2. The van der Waals surface area contributed by atoms with Crippen LogP contribution in [0.25, 0.3) is 6.08 Å². The van der Waals surface area contributed by atoms with Gasteiger partial charge in [0.05, 0.1) is 4.92 Å². The van der Waals surface area contributed by atoms with Crippen molar-refractivity contribution in [1.82, 2.24) is 4.98 Å². The molecule has 0 unspecified atom stereocenters. The molecule has 4 N–H and O–H groups in total. The molecule has 0 aromatic carbocycles. The summed E-state index contributed by atoms with van der Waals surface area (Å²) in [4.78, 5) is 13.7. The fraction of sp³-hybridized carbons (Fsp3) is 0.222. The van der Waals surface area contributed by atoms with Gasteiger partial charge in [0.25, 0.3) is 0 Å². The van der Waals surface area contributed by atoms with Gasteiger partial charge in [-0.1, -0.05) is 12.2 Å². The molecule has 6 heteroatoms. The van der Waals surface area contributed by atoms with Gasteiger partial charge in [-0.25, -0.2) is 4.98 Å². The highest BCUT2D eigenvalue weighted by molar-refractivity contribution is 5.60. The maximum absolute atomic E-state index is 10.5. The number of nitrogen functional groups attached to an aromatic ring is 1. The van der Waals surface area contributed by atoms with Gasteiger partial charge in [0.15, 0.2) is 0 Å². The number of hydrogen-bond donors (Lipinski definition) is 2. The first-order valence-corrected chi connectivity index (χ1v) is 4.41. The standard InChI is InChI=1S/C9H12N4O2/c10-4-2-1-3-7-5-8(13(14)15)9(11)12-6-7/h1,3,5-6H,2,4,10H2,(H2,11,12). The van der Waals surface area contributed by atoms with Crippen LogP contribution in [-0.4, -0.2) is 16.5 Å². The molecule has 0 spiro atoms. The zero-order valence-electron chi connectivity index (χ0n) is 8.09. The van der Waals surface area contributed by atoms with Gasteiger partial charge < -0.3 is 11.5 Å². The van der Waals surface area contributed by atoms with E-state index in [1.807, 2.05) is 6.08 Å². The molecule has 0 radical (unpaired) electrons. The lowest BCUT2D eigenvalue weighted by Crippen LogP contribution is -1.98. The molecular weight excluding hydrogens is 196 g/mol. The smallest absolute Gasteiger partial charge is 0.311 e. The minimum Gasteiger partial charge on any atom is -0.378 e. The summed E-state index contributed by atoms with van der Waals surface area (Å²) < 4.78 is 0. The number of aromatic nitrogens is 1. The average molecular weight is 208 g/mol. The molecule has 0 atom stereocenters. The first kappa shape index (κ1) is 11.1. The van der Waals surface area contributed by atoms with E-state index in [0.29, 0.717) is 12.1 Å². The van der Waals surface area contributed by atoms with Crippen molar-refractivity contribution in [1.29, 1.82) is 0 Å². The molecule has 6 nitrogen and oxygen atoms in total. The maximum atomic E-state index is 10.5. The summed E-state index contributed by atoms with van der Waals surface area (Å²) in [5, 5.41) is 10.5. The van der Waals surface area contributed by atoms with Gasteiger partial charge in [0.2, 0.25) is 5.82 Å². The summed E-state index contributed by atoms with van der Waals surface area (Å²) in [6.07, 6.45) is 5.76. The van der Waals surface area contributed by atoms with Crippen molar-refractivity contribution < 1.29 is 4.92 Å². The lowest BCUT2D eigenvalue weighted by molar-refractivity contribution is -0.384. The highest BCUT2D eigenvalue weighted by Gasteiger charge is 2.11. The van der Waals surface area contributed by atoms with Gasteiger partial charge in [-0.15, -0.1) is 0 Å². The van der Waals surface area contributed by atoms with Crippen molar-refractivity contribution in [3.63, 3.8) is 0 Å². The van der Waals surface area contributed by atoms with E-state index in [0.717, 1.165) is 6.42 Å². The average Bonchev–Trinajstić information content (AvgIpc) is 2.20. The van der Waals surface area contributed by atoms with Crippen molar-refractivity contribution in [2.24, 2.45) is 5.73 Å². The number of nitro groups is 1. The Morgan fingerprint density at radius 2 is 2.33 bits per heavy atom. The minimum absolute atomic E-state index is 0.0732. The van der Waals surface area contributed by atoms with Crippen molar-refractivity contribution in [2.45, 2.75) is 6.42 Å². The van der Waals surface area contributed by atoms with Gasteiger partial charge >= 0.3 is 5.69 Å². The first-order chi connectivity index (χ1) is 7.15. The van der Waals surface area contributed by atoms with Crippen LogP contribution in [0.2, 0.25) is 0 Å². The van der Waals surface area contributed by atoms with E-state index in [-0.39, 0.29) is 11.5 Å².